The van der Waals surface area contributed by atoms with Gasteiger partial charge >= 0.3 is 0 Å². The molecule has 108 valence electrons. The second-order valence-corrected chi connectivity index (χ2v) is 5.99. The highest BCUT2D eigenvalue weighted by molar-refractivity contribution is 7.17. The standard InChI is InChI=1S/C16H22N2OS/c1-3-7-18(8-4-2)16(19)9-12-11-20-15-6-5-13(17)10-14(12)15/h5-6,10-11H,3-4,7-9,17H2,1-2H3. The minimum atomic E-state index is 0.218. The summed E-state index contributed by atoms with van der Waals surface area (Å²) in [4.78, 5) is 14.4. The van der Waals surface area contributed by atoms with E-state index in [0.717, 1.165) is 42.6 Å². The Hall–Kier alpha value is -1.55. The van der Waals surface area contributed by atoms with Crippen LogP contribution < -0.4 is 5.73 Å². The summed E-state index contributed by atoms with van der Waals surface area (Å²) in [6.07, 6.45) is 2.48. The number of anilines is 1. The number of nitrogen functional groups attached to an aromatic ring is 1. The summed E-state index contributed by atoms with van der Waals surface area (Å²) in [6, 6.07) is 5.91. The highest BCUT2D eigenvalue weighted by Gasteiger charge is 2.15. The number of rotatable bonds is 6. The van der Waals surface area contributed by atoms with E-state index < -0.39 is 0 Å². The van der Waals surface area contributed by atoms with E-state index in [9.17, 15) is 4.79 Å². The van der Waals surface area contributed by atoms with Gasteiger partial charge in [-0.25, -0.2) is 0 Å². The summed E-state index contributed by atoms with van der Waals surface area (Å²) < 4.78 is 1.19. The first-order valence-corrected chi connectivity index (χ1v) is 8.07. The third-order valence-electron chi connectivity index (χ3n) is 3.36. The number of nitrogens with zero attached hydrogens (tertiary/aromatic N) is 1. The molecule has 20 heavy (non-hydrogen) atoms. The van der Waals surface area contributed by atoms with Crippen molar-refractivity contribution in [1.82, 2.24) is 4.90 Å². The zero-order valence-electron chi connectivity index (χ0n) is 12.2. The van der Waals surface area contributed by atoms with Crippen LogP contribution in [0, 0.1) is 0 Å². The lowest BCUT2D eigenvalue weighted by Crippen LogP contribution is -2.33. The first-order valence-electron chi connectivity index (χ1n) is 7.19. The number of thiophene rings is 1. The predicted octanol–water partition coefficient (Wildman–Crippen LogP) is 3.67. The SMILES string of the molecule is CCCN(CCC)C(=O)Cc1csc2ccc(N)cc12. The number of hydrogen-bond acceptors (Lipinski definition) is 3. The number of amides is 1. The molecule has 0 aliphatic heterocycles. The topological polar surface area (TPSA) is 46.3 Å². The molecule has 1 aromatic carbocycles. The van der Waals surface area contributed by atoms with Crippen LogP contribution in [-0.4, -0.2) is 23.9 Å². The largest absolute Gasteiger partial charge is 0.399 e. The molecule has 0 aliphatic rings. The second kappa shape index (κ2) is 6.75. The number of benzene rings is 1. The Morgan fingerprint density at radius 1 is 1.25 bits per heavy atom. The highest BCUT2D eigenvalue weighted by Crippen LogP contribution is 2.28. The van der Waals surface area contributed by atoms with Gasteiger partial charge in [-0.05, 0) is 47.4 Å². The van der Waals surface area contributed by atoms with Gasteiger partial charge < -0.3 is 10.6 Å². The average Bonchev–Trinajstić information content (AvgIpc) is 2.81. The van der Waals surface area contributed by atoms with Gasteiger partial charge in [-0.3, -0.25) is 4.79 Å². The molecule has 0 aliphatic carbocycles. The van der Waals surface area contributed by atoms with Crippen molar-refractivity contribution in [2.75, 3.05) is 18.8 Å². The van der Waals surface area contributed by atoms with Crippen LogP contribution in [0.25, 0.3) is 10.1 Å². The van der Waals surface area contributed by atoms with Gasteiger partial charge in [0.2, 0.25) is 5.91 Å². The number of fused-ring (bicyclic) bond motifs is 1. The first-order chi connectivity index (χ1) is 9.65. The van der Waals surface area contributed by atoms with Crippen LogP contribution >= 0.6 is 11.3 Å². The van der Waals surface area contributed by atoms with Crippen molar-refractivity contribution in [3.63, 3.8) is 0 Å². The minimum absolute atomic E-state index is 0.218. The van der Waals surface area contributed by atoms with Gasteiger partial charge in [-0.2, -0.15) is 0 Å². The van der Waals surface area contributed by atoms with Crippen molar-refractivity contribution < 1.29 is 4.79 Å². The van der Waals surface area contributed by atoms with Crippen LogP contribution in [0.1, 0.15) is 32.3 Å². The van der Waals surface area contributed by atoms with Crippen molar-refractivity contribution >= 4 is 33.0 Å². The zero-order valence-corrected chi connectivity index (χ0v) is 13.0. The van der Waals surface area contributed by atoms with Crippen LogP contribution in [0.15, 0.2) is 23.6 Å². The van der Waals surface area contributed by atoms with E-state index in [1.807, 2.05) is 23.1 Å². The van der Waals surface area contributed by atoms with E-state index >= 15 is 0 Å². The van der Waals surface area contributed by atoms with Crippen molar-refractivity contribution in [3.05, 3.63) is 29.1 Å². The van der Waals surface area contributed by atoms with E-state index in [2.05, 4.69) is 19.2 Å². The summed E-state index contributed by atoms with van der Waals surface area (Å²) in [5.41, 5.74) is 7.70. The summed E-state index contributed by atoms with van der Waals surface area (Å²) in [5.74, 6) is 0.218. The van der Waals surface area contributed by atoms with E-state index in [-0.39, 0.29) is 5.91 Å². The highest BCUT2D eigenvalue weighted by atomic mass is 32.1. The molecule has 1 heterocycles. The molecule has 0 bridgehead atoms. The van der Waals surface area contributed by atoms with Gasteiger partial charge in [0.25, 0.3) is 0 Å². The third kappa shape index (κ3) is 3.31. The van der Waals surface area contributed by atoms with Gasteiger partial charge in [-0.15, -0.1) is 11.3 Å². The Morgan fingerprint density at radius 2 is 1.95 bits per heavy atom. The fraction of sp³-hybridized carbons (Fsp3) is 0.438. The minimum Gasteiger partial charge on any atom is -0.399 e. The summed E-state index contributed by atoms with van der Waals surface area (Å²) in [7, 11) is 0. The van der Waals surface area contributed by atoms with E-state index in [4.69, 9.17) is 5.73 Å². The molecule has 2 N–H and O–H groups in total. The average molecular weight is 290 g/mol. The smallest absolute Gasteiger partial charge is 0.227 e. The predicted molar refractivity (Wildman–Crippen MR) is 87.1 cm³/mol. The molecule has 0 atom stereocenters. The molecule has 4 heteroatoms. The van der Waals surface area contributed by atoms with Crippen LogP contribution in [0.2, 0.25) is 0 Å². The van der Waals surface area contributed by atoms with Crippen molar-refractivity contribution in [2.45, 2.75) is 33.1 Å². The molecule has 0 unspecified atom stereocenters. The lowest BCUT2D eigenvalue weighted by atomic mass is 10.1. The Kier molecular flexibility index (Phi) is 5.01. The monoisotopic (exact) mass is 290 g/mol. The lowest BCUT2D eigenvalue weighted by molar-refractivity contribution is -0.130. The molecule has 3 nitrogen and oxygen atoms in total. The maximum absolute atomic E-state index is 12.4. The van der Waals surface area contributed by atoms with E-state index in [0.29, 0.717) is 6.42 Å². The van der Waals surface area contributed by atoms with Gasteiger partial charge in [0.05, 0.1) is 6.42 Å². The molecule has 0 spiro atoms. The van der Waals surface area contributed by atoms with Crippen LogP contribution in [-0.2, 0) is 11.2 Å². The maximum Gasteiger partial charge on any atom is 0.227 e. The fourth-order valence-electron chi connectivity index (χ4n) is 2.41. The first kappa shape index (κ1) is 14.9. The fourth-order valence-corrected chi connectivity index (χ4v) is 3.36. The molecule has 0 radical (unpaired) electrons. The normalized spacial score (nSPS) is 10.9. The molecule has 0 fully saturated rings. The number of hydrogen-bond donors (Lipinski definition) is 1. The summed E-state index contributed by atoms with van der Waals surface area (Å²) >= 11 is 1.68. The van der Waals surface area contributed by atoms with Gasteiger partial charge in [0.1, 0.15) is 0 Å². The van der Waals surface area contributed by atoms with Crippen LogP contribution in [0.5, 0.6) is 0 Å². The zero-order chi connectivity index (χ0) is 14.5. The molecule has 2 aromatic rings. The lowest BCUT2D eigenvalue weighted by Gasteiger charge is -2.21. The molecular formula is C16H22N2OS. The van der Waals surface area contributed by atoms with Gasteiger partial charge in [0.15, 0.2) is 0 Å². The second-order valence-electron chi connectivity index (χ2n) is 5.07. The summed E-state index contributed by atoms with van der Waals surface area (Å²) in [5, 5.41) is 3.20. The molecule has 0 saturated heterocycles. The number of nitrogens with two attached hydrogens (primary N) is 1. The molecule has 2 rings (SSSR count). The van der Waals surface area contributed by atoms with Crippen molar-refractivity contribution in [1.29, 1.82) is 0 Å². The van der Waals surface area contributed by atoms with Crippen molar-refractivity contribution in [2.24, 2.45) is 0 Å². The molecule has 1 aromatic heterocycles. The van der Waals surface area contributed by atoms with Crippen LogP contribution in [0.3, 0.4) is 0 Å². The van der Waals surface area contributed by atoms with Crippen LogP contribution in [0.4, 0.5) is 5.69 Å². The maximum atomic E-state index is 12.4. The number of carbonyl (C=O) groups is 1. The van der Waals surface area contributed by atoms with E-state index in [1.54, 1.807) is 11.3 Å². The molecule has 0 saturated carbocycles. The van der Waals surface area contributed by atoms with Gasteiger partial charge in [0, 0.05) is 23.5 Å². The van der Waals surface area contributed by atoms with Gasteiger partial charge in [-0.1, -0.05) is 13.8 Å². The Balaban J connectivity index is 2.18. The van der Waals surface area contributed by atoms with E-state index in [1.165, 1.54) is 4.70 Å². The Labute approximate surface area is 124 Å². The third-order valence-corrected chi connectivity index (χ3v) is 4.37. The molecular weight excluding hydrogens is 268 g/mol. The Bertz CT molecular complexity index is 585. The number of carbonyl (C=O) groups excluding carboxylic acids is 1. The Morgan fingerprint density at radius 3 is 2.60 bits per heavy atom. The summed E-state index contributed by atoms with van der Waals surface area (Å²) in [6.45, 7) is 5.90. The van der Waals surface area contributed by atoms with Crippen molar-refractivity contribution in [3.8, 4) is 0 Å². The molecule has 1 amide bonds. The quantitative estimate of drug-likeness (QED) is 0.825.